The van der Waals surface area contributed by atoms with Crippen molar-refractivity contribution in [1.82, 2.24) is 0 Å². The van der Waals surface area contributed by atoms with E-state index in [2.05, 4.69) is 0 Å². The van der Waals surface area contributed by atoms with Gasteiger partial charge in [-0.1, -0.05) is 6.07 Å². The van der Waals surface area contributed by atoms with Gasteiger partial charge in [0.2, 0.25) is 0 Å². The zero-order valence-electron chi connectivity index (χ0n) is 8.00. The molecule has 0 heterocycles. The van der Waals surface area contributed by atoms with Gasteiger partial charge in [-0.25, -0.2) is 4.39 Å². The molecule has 4 heteroatoms. The second-order valence-corrected chi connectivity index (χ2v) is 3.88. The highest BCUT2D eigenvalue weighted by molar-refractivity contribution is 6.59. The Balaban J connectivity index is 2.43. The fourth-order valence-electron chi connectivity index (χ4n) is 1.76. The minimum absolute atomic E-state index is 0.00519. The third kappa shape index (κ3) is 1.67. The van der Waals surface area contributed by atoms with Gasteiger partial charge < -0.3 is 10.0 Å². The van der Waals surface area contributed by atoms with Crippen LogP contribution in [0.25, 0.3) is 0 Å². The lowest BCUT2D eigenvalue weighted by Crippen LogP contribution is -2.35. The maximum Gasteiger partial charge on any atom is 0.491 e. The Morgan fingerprint density at radius 2 is 2.00 bits per heavy atom. The third-order valence-corrected chi connectivity index (χ3v) is 2.67. The molecule has 1 fully saturated rings. The van der Waals surface area contributed by atoms with E-state index in [4.69, 9.17) is 10.0 Å². The normalized spacial score (nSPS) is 15.7. The van der Waals surface area contributed by atoms with E-state index < -0.39 is 12.9 Å². The van der Waals surface area contributed by atoms with E-state index in [0.717, 1.165) is 18.4 Å². The van der Waals surface area contributed by atoms with E-state index in [0.29, 0.717) is 11.5 Å². The Kier molecular flexibility index (Phi) is 2.33. The molecule has 0 spiro atoms. The molecule has 2 rings (SSSR count). The van der Waals surface area contributed by atoms with E-state index in [1.54, 1.807) is 6.92 Å². The molecule has 1 aliphatic rings. The number of hydrogen-bond acceptors (Lipinski definition) is 2. The van der Waals surface area contributed by atoms with Crippen molar-refractivity contribution in [3.8, 4) is 0 Å². The minimum Gasteiger partial charge on any atom is -0.423 e. The van der Waals surface area contributed by atoms with Gasteiger partial charge in [0.05, 0.1) is 0 Å². The van der Waals surface area contributed by atoms with Crippen LogP contribution in [0.4, 0.5) is 4.39 Å². The first-order valence-corrected chi connectivity index (χ1v) is 4.75. The van der Waals surface area contributed by atoms with Crippen molar-refractivity contribution >= 4 is 12.6 Å². The number of hydrogen-bond donors (Lipinski definition) is 2. The van der Waals surface area contributed by atoms with Crippen LogP contribution in [0, 0.1) is 12.7 Å². The summed E-state index contributed by atoms with van der Waals surface area (Å²) in [5, 5.41) is 17.9. The number of aryl methyl sites for hydroxylation is 1. The second kappa shape index (κ2) is 3.37. The summed E-state index contributed by atoms with van der Waals surface area (Å²) in [7, 11) is -1.72. The van der Waals surface area contributed by atoms with Crippen molar-refractivity contribution in [1.29, 1.82) is 0 Å². The minimum atomic E-state index is -1.72. The molecule has 1 aliphatic carbocycles. The lowest BCUT2D eigenvalue weighted by Gasteiger charge is -2.08. The summed E-state index contributed by atoms with van der Waals surface area (Å²) >= 11 is 0. The molecule has 0 atom stereocenters. The molecule has 0 aromatic heterocycles. The van der Waals surface area contributed by atoms with Gasteiger partial charge in [-0.2, -0.15) is 0 Å². The maximum atomic E-state index is 13.4. The summed E-state index contributed by atoms with van der Waals surface area (Å²) in [5.41, 5.74) is 1.58. The summed E-state index contributed by atoms with van der Waals surface area (Å²) in [4.78, 5) is 0. The van der Waals surface area contributed by atoms with E-state index in [9.17, 15) is 4.39 Å². The van der Waals surface area contributed by atoms with Crippen molar-refractivity contribution in [2.24, 2.45) is 0 Å². The average Bonchev–Trinajstić information content (AvgIpc) is 2.83. The van der Waals surface area contributed by atoms with E-state index in [-0.39, 0.29) is 5.46 Å². The number of halogens is 1. The van der Waals surface area contributed by atoms with Crippen molar-refractivity contribution in [2.45, 2.75) is 25.7 Å². The Hall–Kier alpha value is -0.865. The van der Waals surface area contributed by atoms with Crippen LogP contribution >= 0.6 is 0 Å². The summed E-state index contributed by atoms with van der Waals surface area (Å²) in [6, 6.07) is 3.26. The first-order chi connectivity index (χ1) is 6.59. The monoisotopic (exact) mass is 194 g/mol. The molecular weight excluding hydrogens is 182 g/mol. The predicted octanol–water partition coefficient (Wildman–Crippen LogP) is 0.691. The van der Waals surface area contributed by atoms with Crippen LogP contribution < -0.4 is 5.46 Å². The standard InChI is InChI=1S/C10H12BFO2/c1-6-4-8(7-2-3-7)5-9(12)10(6)11(13)14/h4-5,7,13-14H,2-3H2,1H3. The Morgan fingerprint density at radius 3 is 2.43 bits per heavy atom. The van der Waals surface area contributed by atoms with Crippen LogP contribution in [-0.4, -0.2) is 17.2 Å². The molecule has 0 aliphatic heterocycles. The summed E-state index contributed by atoms with van der Waals surface area (Å²) in [5.74, 6) is -0.0324. The van der Waals surface area contributed by atoms with Crippen LogP contribution in [0.2, 0.25) is 0 Å². The zero-order chi connectivity index (χ0) is 10.3. The van der Waals surface area contributed by atoms with Gasteiger partial charge >= 0.3 is 7.12 Å². The van der Waals surface area contributed by atoms with Gasteiger partial charge in [-0.3, -0.25) is 0 Å². The molecule has 2 nitrogen and oxygen atoms in total. The SMILES string of the molecule is Cc1cc(C2CC2)cc(F)c1B(O)O. The lowest BCUT2D eigenvalue weighted by molar-refractivity contribution is 0.422. The average molecular weight is 194 g/mol. The van der Waals surface area contributed by atoms with Crippen molar-refractivity contribution < 1.29 is 14.4 Å². The largest absolute Gasteiger partial charge is 0.491 e. The zero-order valence-corrected chi connectivity index (χ0v) is 8.00. The number of benzene rings is 1. The lowest BCUT2D eigenvalue weighted by atomic mass is 9.76. The van der Waals surface area contributed by atoms with Crippen LogP contribution in [-0.2, 0) is 0 Å². The summed E-state index contributed by atoms with van der Waals surface area (Å²) in [6.45, 7) is 1.70. The van der Waals surface area contributed by atoms with Crippen LogP contribution in [0.3, 0.4) is 0 Å². The van der Waals surface area contributed by atoms with E-state index in [1.165, 1.54) is 6.07 Å². The smallest absolute Gasteiger partial charge is 0.423 e. The fraction of sp³-hybridized carbons (Fsp3) is 0.400. The highest BCUT2D eigenvalue weighted by atomic mass is 19.1. The molecule has 74 valence electrons. The fourth-order valence-corrected chi connectivity index (χ4v) is 1.76. The first-order valence-electron chi connectivity index (χ1n) is 4.75. The molecular formula is C10H12BFO2. The van der Waals surface area contributed by atoms with Gasteiger partial charge in [0.25, 0.3) is 0 Å². The van der Waals surface area contributed by atoms with Crippen molar-refractivity contribution in [3.05, 3.63) is 29.1 Å². The van der Waals surface area contributed by atoms with Crippen LogP contribution in [0.1, 0.15) is 29.9 Å². The first kappa shape index (κ1) is 9.68. The molecule has 1 aromatic rings. The highest BCUT2D eigenvalue weighted by Gasteiger charge is 2.27. The molecule has 0 bridgehead atoms. The molecule has 0 saturated heterocycles. The number of rotatable bonds is 2. The second-order valence-electron chi connectivity index (χ2n) is 3.88. The van der Waals surface area contributed by atoms with Crippen LogP contribution in [0.15, 0.2) is 12.1 Å². The molecule has 1 aromatic carbocycles. The molecule has 2 N–H and O–H groups in total. The van der Waals surface area contributed by atoms with E-state index >= 15 is 0 Å². The van der Waals surface area contributed by atoms with Gasteiger partial charge in [0.1, 0.15) is 5.82 Å². The van der Waals surface area contributed by atoms with Gasteiger partial charge in [-0.15, -0.1) is 0 Å². The maximum absolute atomic E-state index is 13.4. The van der Waals surface area contributed by atoms with Crippen molar-refractivity contribution in [2.75, 3.05) is 0 Å². The molecule has 0 radical (unpaired) electrons. The Morgan fingerprint density at radius 1 is 1.36 bits per heavy atom. The third-order valence-electron chi connectivity index (χ3n) is 2.67. The Bertz CT molecular complexity index is 338. The predicted molar refractivity (Wildman–Crippen MR) is 52.9 cm³/mol. The van der Waals surface area contributed by atoms with Crippen molar-refractivity contribution in [3.63, 3.8) is 0 Å². The molecule has 0 unspecified atom stereocenters. The van der Waals surface area contributed by atoms with E-state index in [1.807, 2.05) is 6.07 Å². The molecule has 1 saturated carbocycles. The summed E-state index contributed by atoms with van der Waals surface area (Å²) < 4.78 is 13.4. The topological polar surface area (TPSA) is 40.5 Å². The molecule has 14 heavy (non-hydrogen) atoms. The van der Waals surface area contributed by atoms with Crippen LogP contribution in [0.5, 0.6) is 0 Å². The van der Waals surface area contributed by atoms with Gasteiger partial charge in [0, 0.05) is 5.46 Å². The Labute approximate surface area is 82.5 Å². The molecule has 0 amide bonds. The highest BCUT2D eigenvalue weighted by Crippen LogP contribution is 2.40. The van der Waals surface area contributed by atoms with Gasteiger partial charge in [0.15, 0.2) is 0 Å². The summed E-state index contributed by atoms with van der Waals surface area (Å²) in [6.07, 6.45) is 2.22. The quantitative estimate of drug-likeness (QED) is 0.680. The van der Waals surface area contributed by atoms with Gasteiger partial charge in [-0.05, 0) is 42.9 Å².